The SMILES string of the molecule is CNCc1cn(Cc2ccc(O)cc2)c2ncccc12. The summed E-state index contributed by atoms with van der Waals surface area (Å²) in [6.07, 6.45) is 3.96. The Morgan fingerprint density at radius 1 is 1.20 bits per heavy atom. The second-order valence-electron chi connectivity index (χ2n) is 4.85. The fourth-order valence-corrected chi connectivity index (χ4v) is 2.45. The first-order valence-corrected chi connectivity index (χ1v) is 6.63. The number of phenols is 1. The lowest BCUT2D eigenvalue weighted by atomic mass is 10.2. The predicted octanol–water partition coefficient (Wildman–Crippen LogP) is 2.51. The van der Waals surface area contributed by atoms with E-state index >= 15 is 0 Å². The smallest absolute Gasteiger partial charge is 0.140 e. The molecular weight excluding hydrogens is 250 g/mol. The van der Waals surface area contributed by atoms with Crippen LogP contribution in [0.15, 0.2) is 48.8 Å². The Morgan fingerprint density at radius 3 is 2.75 bits per heavy atom. The molecule has 3 rings (SSSR count). The van der Waals surface area contributed by atoms with Crippen LogP contribution in [0, 0.1) is 0 Å². The van der Waals surface area contributed by atoms with Gasteiger partial charge in [0.25, 0.3) is 0 Å². The van der Waals surface area contributed by atoms with Gasteiger partial charge < -0.3 is 15.0 Å². The molecule has 0 unspecified atom stereocenters. The van der Waals surface area contributed by atoms with Crippen LogP contribution in [0.4, 0.5) is 0 Å². The maximum absolute atomic E-state index is 9.34. The molecule has 0 saturated heterocycles. The van der Waals surface area contributed by atoms with Crippen LogP contribution in [-0.4, -0.2) is 21.7 Å². The van der Waals surface area contributed by atoms with E-state index in [0.717, 1.165) is 24.3 Å². The normalized spacial score (nSPS) is 11.1. The summed E-state index contributed by atoms with van der Waals surface area (Å²) >= 11 is 0. The molecule has 102 valence electrons. The van der Waals surface area contributed by atoms with Crippen LogP contribution < -0.4 is 5.32 Å². The Kier molecular flexibility index (Phi) is 3.39. The van der Waals surface area contributed by atoms with Gasteiger partial charge >= 0.3 is 0 Å². The molecule has 4 nitrogen and oxygen atoms in total. The fraction of sp³-hybridized carbons (Fsp3) is 0.188. The number of phenolic OH excluding ortho intramolecular Hbond substituents is 1. The fourth-order valence-electron chi connectivity index (χ4n) is 2.45. The molecule has 0 aliphatic carbocycles. The third-order valence-electron chi connectivity index (χ3n) is 3.37. The Labute approximate surface area is 117 Å². The average Bonchev–Trinajstić information content (AvgIpc) is 2.81. The van der Waals surface area contributed by atoms with Crippen molar-refractivity contribution in [2.24, 2.45) is 0 Å². The Hall–Kier alpha value is -2.33. The molecule has 0 spiro atoms. The lowest BCUT2D eigenvalue weighted by molar-refractivity contribution is 0.475. The number of benzene rings is 1. The van der Waals surface area contributed by atoms with Crippen LogP contribution >= 0.6 is 0 Å². The number of pyridine rings is 1. The molecule has 0 saturated carbocycles. The third kappa shape index (κ3) is 2.38. The highest BCUT2D eigenvalue weighted by molar-refractivity contribution is 5.80. The van der Waals surface area contributed by atoms with Gasteiger partial charge in [0, 0.05) is 30.9 Å². The van der Waals surface area contributed by atoms with Crippen LogP contribution in [0.25, 0.3) is 11.0 Å². The lowest BCUT2D eigenvalue weighted by Crippen LogP contribution is -2.04. The minimum atomic E-state index is 0.292. The van der Waals surface area contributed by atoms with Crippen molar-refractivity contribution >= 4 is 11.0 Å². The number of hydrogen-bond donors (Lipinski definition) is 2. The quantitative estimate of drug-likeness (QED) is 0.763. The summed E-state index contributed by atoms with van der Waals surface area (Å²) in [4.78, 5) is 4.48. The van der Waals surface area contributed by atoms with Crippen LogP contribution in [0.1, 0.15) is 11.1 Å². The van der Waals surface area contributed by atoms with E-state index in [-0.39, 0.29) is 0 Å². The van der Waals surface area contributed by atoms with Gasteiger partial charge in [0.15, 0.2) is 0 Å². The highest BCUT2D eigenvalue weighted by atomic mass is 16.3. The third-order valence-corrected chi connectivity index (χ3v) is 3.37. The van der Waals surface area contributed by atoms with Crippen LogP contribution in [0.3, 0.4) is 0 Å². The first-order valence-electron chi connectivity index (χ1n) is 6.63. The molecule has 2 N–H and O–H groups in total. The van der Waals surface area contributed by atoms with E-state index in [1.165, 1.54) is 10.9 Å². The van der Waals surface area contributed by atoms with Gasteiger partial charge in [0.2, 0.25) is 0 Å². The van der Waals surface area contributed by atoms with Crippen LogP contribution in [-0.2, 0) is 13.1 Å². The summed E-state index contributed by atoms with van der Waals surface area (Å²) < 4.78 is 2.15. The molecule has 0 bridgehead atoms. The largest absolute Gasteiger partial charge is 0.508 e. The summed E-state index contributed by atoms with van der Waals surface area (Å²) in [5, 5.41) is 13.7. The number of hydrogen-bond acceptors (Lipinski definition) is 3. The number of nitrogens with zero attached hydrogens (tertiary/aromatic N) is 2. The topological polar surface area (TPSA) is 50.1 Å². The number of aromatic nitrogens is 2. The van der Waals surface area contributed by atoms with Crippen LogP contribution in [0.5, 0.6) is 5.75 Å². The molecule has 0 radical (unpaired) electrons. The van der Waals surface area contributed by atoms with Crippen molar-refractivity contribution in [3.63, 3.8) is 0 Å². The molecule has 0 fully saturated rings. The Balaban J connectivity index is 2.00. The molecule has 2 heterocycles. The zero-order valence-electron chi connectivity index (χ0n) is 11.4. The van der Waals surface area contributed by atoms with Gasteiger partial charge in [-0.05, 0) is 42.4 Å². The average molecular weight is 267 g/mol. The van der Waals surface area contributed by atoms with Crippen molar-refractivity contribution < 1.29 is 5.11 Å². The zero-order valence-corrected chi connectivity index (χ0v) is 11.4. The minimum Gasteiger partial charge on any atom is -0.508 e. The molecule has 2 aromatic heterocycles. The summed E-state index contributed by atoms with van der Waals surface area (Å²) in [5.74, 6) is 0.292. The van der Waals surface area contributed by atoms with E-state index in [9.17, 15) is 5.11 Å². The highest BCUT2D eigenvalue weighted by Crippen LogP contribution is 2.21. The summed E-state index contributed by atoms with van der Waals surface area (Å²) in [6, 6.07) is 11.4. The second kappa shape index (κ2) is 5.35. The molecule has 0 aliphatic rings. The van der Waals surface area contributed by atoms with Crippen molar-refractivity contribution in [2.45, 2.75) is 13.1 Å². The maximum atomic E-state index is 9.34. The van der Waals surface area contributed by atoms with E-state index < -0.39 is 0 Å². The van der Waals surface area contributed by atoms with Gasteiger partial charge in [-0.3, -0.25) is 0 Å². The molecule has 4 heteroatoms. The van der Waals surface area contributed by atoms with Gasteiger partial charge in [-0.1, -0.05) is 12.1 Å². The molecule has 0 atom stereocenters. The van der Waals surface area contributed by atoms with E-state index in [2.05, 4.69) is 27.1 Å². The van der Waals surface area contributed by atoms with Crippen molar-refractivity contribution in [2.75, 3.05) is 7.05 Å². The van der Waals surface area contributed by atoms with E-state index in [1.54, 1.807) is 12.1 Å². The van der Waals surface area contributed by atoms with Crippen molar-refractivity contribution in [3.05, 3.63) is 59.9 Å². The lowest BCUT2D eigenvalue weighted by Gasteiger charge is -2.04. The molecule has 0 aliphatic heterocycles. The van der Waals surface area contributed by atoms with Gasteiger partial charge in [-0.25, -0.2) is 4.98 Å². The Bertz CT molecular complexity index is 716. The van der Waals surface area contributed by atoms with E-state index in [4.69, 9.17) is 0 Å². The number of aromatic hydroxyl groups is 1. The second-order valence-corrected chi connectivity index (χ2v) is 4.85. The summed E-state index contributed by atoms with van der Waals surface area (Å²) in [7, 11) is 1.94. The van der Waals surface area contributed by atoms with Crippen molar-refractivity contribution in [1.82, 2.24) is 14.9 Å². The van der Waals surface area contributed by atoms with E-state index in [1.807, 2.05) is 31.4 Å². The summed E-state index contributed by atoms with van der Waals surface area (Å²) in [5.41, 5.74) is 3.38. The monoisotopic (exact) mass is 267 g/mol. The number of rotatable bonds is 4. The van der Waals surface area contributed by atoms with Crippen molar-refractivity contribution in [3.8, 4) is 5.75 Å². The Morgan fingerprint density at radius 2 is 2.00 bits per heavy atom. The van der Waals surface area contributed by atoms with Gasteiger partial charge in [-0.2, -0.15) is 0 Å². The van der Waals surface area contributed by atoms with Crippen LogP contribution in [0.2, 0.25) is 0 Å². The number of nitrogens with one attached hydrogen (secondary N) is 1. The molecular formula is C16H17N3O. The first-order chi connectivity index (χ1) is 9.78. The summed E-state index contributed by atoms with van der Waals surface area (Å²) in [6.45, 7) is 1.57. The molecule has 3 aromatic rings. The molecule has 20 heavy (non-hydrogen) atoms. The van der Waals surface area contributed by atoms with Gasteiger partial charge in [-0.15, -0.1) is 0 Å². The highest BCUT2D eigenvalue weighted by Gasteiger charge is 2.08. The van der Waals surface area contributed by atoms with Gasteiger partial charge in [0.1, 0.15) is 11.4 Å². The van der Waals surface area contributed by atoms with E-state index in [0.29, 0.717) is 5.75 Å². The van der Waals surface area contributed by atoms with Crippen molar-refractivity contribution in [1.29, 1.82) is 0 Å². The minimum absolute atomic E-state index is 0.292. The predicted molar refractivity (Wildman–Crippen MR) is 79.7 cm³/mol. The molecule has 1 aromatic carbocycles. The first kappa shape index (κ1) is 12.7. The number of fused-ring (bicyclic) bond motifs is 1. The standard InChI is InChI=1S/C16H17N3O/c1-17-9-13-11-19(16-15(13)3-2-8-18-16)10-12-4-6-14(20)7-5-12/h2-8,11,17,20H,9-10H2,1H3. The van der Waals surface area contributed by atoms with Gasteiger partial charge in [0.05, 0.1) is 0 Å². The molecule has 0 amide bonds. The zero-order chi connectivity index (χ0) is 13.9. The maximum Gasteiger partial charge on any atom is 0.140 e.